The van der Waals surface area contributed by atoms with Gasteiger partial charge in [0.2, 0.25) is 10.0 Å². The first-order valence-electron chi connectivity index (χ1n) is 7.05. The fraction of sp³-hybridized carbons (Fsp3) is 0.600. The van der Waals surface area contributed by atoms with E-state index in [2.05, 4.69) is 13.8 Å². The monoisotopic (exact) mass is 315 g/mol. The van der Waals surface area contributed by atoms with Crippen LogP contribution in [0.5, 0.6) is 0 Å². The molecule has 0 saturated heterocycles. The first-order chi connectivity index (χ1) is 9.25. The molecule has 1 aromatic rings. The zero-order valence-electron chi connectivity index (χ0n) is 12.4. The molecule has 112 valence electrons. The van der Waals surface area contributed by atoms with Gasteiger partial charge in [-0.1, -0.05) is 31.5 Å². The van der Waals surface area contributed by atoms with Crippen LogP contribution in [0.25, 0.3) is 0 Å². The van der Waals surface area contributed by atoms with Crippen molar-refractivity contribution >= 4 is 21.6 Å². The molecule has 1 aromatic carbocycles. The summed E-state index contributed by atoms with van der Waals surface area (Å²) in [5, 5.41) is 0.499. The zero-order valence-corrected chi connectivity index (χ0v) is 14.0. The van der Waals surface area contributed by atoms with Crippen molar-refractivity contribution in [2.75, 3.05) is 0 Å². The summed E-state index contributed by atoms with van der Waals surface area (Å²) in [4.78, 5) is 0.299. The predicted molar refractivity (Wildman–Crippen MR) is 82.5 cm³/mol. The van der Waals surface area contributed by atoms with Crippen LogP contribution in [0.15, 0.2) is 23.1 Å². The molecule has 0 N–H and O–H groups in total. The highest BCUT2D eigenvalue weighted by atomic mass is 35.5. The van der Waals surface area contributed by atoms with E-state index in [1.807, 2.05) is 13.8 Å². The van der Waals surface area contributed by atoms with E-state index in [4.69, 9.17) is 11.6 Å². The van der Waals surface area contributed by atoms with E-state index in [-0.39, 0.29) is 18.0 Å². The molecule has 20 heavy (non-hydrogen) atoms. The summed E-state index contributed by atoms with van der Waals surface area (Å²) in [6, 6.07) is 5.12. The lowest BCUT2D eigenvalue weighted by Crippen LogP contribution is -2.42. The molecule has 0 amide bonds. The number of sulfonamides is 1. The van der Waals surface area contributed by atoms with Gasteiger partial charge in [-0.05, 0) is 50.3 Å². The molecule has 0 spiro atoms. The molecule has 2 rings (SSSR count). The summed E-state index contributed by atoms with van der Waals surface area (Å²) in [6.45, 7) is 7.96. The number of halogens is 1. The molecule has 1 aliphatic rings. The van der Waals surface area contributed by atoms with Crippen LogP contribution in [0.4, 0.5) is 0 Å². The second-order valence-corrected chi connectivity index (χ2v) is 8.21. The highest BCUT2D eigenvalue weighted by Crippen LogP contribution is 2.36. The first-order valence-corrected chi connectivity index (χ1v) is 8.86. The van der Waals surface area contributed by atoms with Gasteiger partial charge in [-0.25, -0.2) is 8.42 Å². The quantitative estimate of drug-likeness (QED) is 0.827. The highest BCUT2D eigenvalue weighted by molar-refractivity contribution is 7.89. The molecule has 0 heterocycles. The third-order valence-electron chi connectivity index (χ3n) is 3.99. The minimum Gasteiger partial charge on any atom is -0.207 e. The van der Waals surface area contributed by atoms with Crippen LogP contribution in [-0.4, -0.2) is 24.8 Å². The van der Waals surface area contributed by atoms with Gasteiger partial charge in [-0.2, -0.15) is 4.31 Å². The third kappa shape index (κ3) is 3.02. The summed E-state index contributed by atoms with van der Waals surface area (Å²) in [6.07, 6.45) is 1.91. The van der Waals surface area contributed by atoms with Gasteiger partial charge in [-0.15, -0.1) is 0 Å². The smallest absolute Gasteiger partial charge is 0.207 e. The largest absolute Gasteiger partial charge is 0.243 e. The van der Waals surface area contributed by atoms with Crippen molar-refractivity contribution in [2.24, 2.45) is 5.92 Å². The molecule has 0 aromatic heterocycles. The molecular formula is C15H22ClNO2S. The number of hydrogen-bond donors (Lipinski definition) is 0. The van der Waals surface area contributed by atoms with E-state index < -0.39 is 10.0 Å². The SMILES string of the molecule is Cc1ccc(S(=O)(=O)N(C2CC2)C(C)C(C)C)cc1Cl. The van der Waals surface area contributed by atoms with Gasteiger partial charge in [0.25, 0.3) is 0 Å². The van der Waals surface area contributed by atoms with Gasteiger partial charge in [0.1, 0.15) is 0 Å². The summed E-state index contributed by atoms with van der Waals surface area (Å²) in [5.41, 5.74) is 0.889. The molecule has 0 aliphatic heterocycles. The lowest BCUT2D eigenvalue weighted by molar-refractivity contribution is 0.269. The molecule has 1 fully saturated rings. The number of aryl methyl sites for hydroxylation is 1. The topological polar surface area (TPSA) is 37.4 Å². The van der Waals surface area contributed by atoms with Crippen molar-refractivity contribution in [2.45, 2.75) is 57.5 Å². The molecular weight excluding hydrogens is 294 g/mol. The standard InChI is InChI=1S/C15H22ClNO2S/c1-10(2)12(4)17(13-6-7-13)20(18,19)14-8-5-11(3)15(16)9-14/h5,8-10,12-13H,6-7H2,1-4H3. The van der Waals surface area contributed by atoms with Crippen molar-refractivity contribution in [1.82, 2.24) is 4.31 Å². The molecule has 1 unspecified atom stereocenters. The van der Waals surface area contributed by atoms with Gasteiger partial charge >= 0.3 is 0 Å². The van der Waals surface area contributed by atoms with Crippen molar-refractivity contribution in [1.29, 1.82) is 0 Å². The lowest BCUT2D eigenvalue weighted by atomic mass is 10.1. The van der Waals surface area contributed by atoms with Crippen LogP contribution in [0, 0.1) is 12.8 Å². The van der Waals surface area contributed by atoms with Crippen molar-refractivity contribution < 1.29 is 8.42 Å². The maximum atomic E-state index is 12.9. The Hall–Kier alpha value is -0.580. The molecule has 0 bridgehead atoms. The molecule has 1 saturated carbocycles. The molecule has 1 aliphatic carbocycles. The second-order valence-electron chi connectivity index (χ2n) is 5.96. The van der Waals surface area contributed by atoms with Crippen LogP contribution >= 0.6 is 11.6 Å². The van der Waals surface area contributed by atoms with Gasteiger partial charge in [-0.3, -0.25) is 0 Å². The van der Waals surface area contributed by atoms with Gasteiger partial charge in [0.05, 0.1) is 4.90 Å². The third-order valence-corrected chi connectivity index (χ3v) is 6.43. The Balaban J connectivity index is 2.42. The maximum Gasteiger partial charge on any atom is 0.243 e. The molecule has 5 heteroatoms. The minimum atomic E-state index is -3.47. The maximum absolute atomic E-state index is 12.9. The summed E-state index contributed by atoms with van der Waals surface area (Å²) < 4.78 is 27.5. The van der Waals surface area contributed by atoms with Crippen LogP contribution in [0.1, 0.15) is 39.2 Å². The Morgan fingerprint density at radius 3 is 2.30 bits per heavy atom. The number of rotatable bonds is 5. The van der Waals surface area contributed by atoms with Crippen molar-refractivity contribution in [3.05, 3.63) is 28.8 Å². The Kier molecular flexibility index (Phi) is 4.47. The average Bonchev–Trinajstić information content (AvgIpc) is 3.16. The van der Waals surface area contributed by atoms with Crippen molar-refractivity contribution in [3.8, 4) is 0 Å². The van der Waals surface area contributed by atoms with Crippen LogP contribution < -0.4 is 0 Å². The summed E-state index contributed by atoms with van der Waals surface area (Å²) >= 11 is 6.08. The van der Waals surface area contributed by atoms with E-state index in [0.717, 1.165) is 18.4 Å². The normalized spacial score (nSPS) is 17.8. The second kappa shape index (κ2) is 5.66. The average molecular weight is 316 g/mol. The molecule has 3 nitrogen and oxygen atoms in total. The Morgan fingerprint density at radius 2 is 1.85 bits per heavy atom. The van der Waals surface area contributed by atoms with E-state index >= 15 is 0 Å². The van der Waals surface area contributed by atoms with Gasteiger partial charge in [0.15, 0.2) is 0 Å². The lowest BCUT2D eigenvalue weighted by Gasteiger charge is -2.31. The Morgan fingerprint density at radius 1 is 1.25 bits per heavy atom. The molecule has 1 atom stereocenters. The van der Waals surface area contributed by atoms with E-state index in [9.17, 15) is 8.42 Å². The number of nitrogens with zero attached hydrogens (tertiary/aromatic N) is 1. The van der Waals surface area contributed by atoms with Crippen LogP contribution in [0.2, 0.25) is 5.02 Å². The summed E-state index contributed by atoms with van der Waals surface area (Å²) in [7, 11) is -3.47. The fourth-order valence-electron chi connectivity index (χ4n) is 2.23. The highest BCUT2D eigenvalue weighted by Gasteiger charge is 2.41. The Bertz CT molecular complexity index is 594. The fourth-order valence-corrected chi connectivity index (χ4v) is 4.51. The Labute approximate surface area is 127 Å². The zero-order chi connectivity index (χ0) is 15.1. The number of benzene rings is 1. The van der Waals surface area contributed by atoms with Crippen LogP contribution in [0.3, 0.4) is 0 Å². The number of hydrogen-bond acceptors (Lipinski definition) is 2. The van der Waals surface area contributed by atoms with Crippen LogP contribution in [-0.2, 0) is 10.0 Å². The molecule has 0 radical (unpaired) electrons. The van der Waals surface area contributed by atoms with E-state index in [0.29, 0.717) is 9.92 Å². The minimum absolute atomic E-state index is 0.00687. The van der Waals surface area contributed by atoms with E-state index in [1.54, 1.807) is 22.5 Å². The predicted octanol–water partition coefficient (Wildman–Crippen LogP) is 3.85. The van der Waals surface area contributed by atoms with E-state index in [1.165, 1.54) is 0 Å². The van der Waals surface area contributed by atoms with Gasteiger partial charge in [0, 0.05) is 17.1 Å². The van der Waals surface area contributed by atoms with Crippen molar-refractivity contribution in [3.63, 3.8) is 0 Å². The van der Waals surface area contributed by atoms with Gasteiger partial charge < -0.3 is 0 Å². The summed E-state index contributed by atoms with van der Waals surface area (Å²) in [5.74, 6) is 0.284. The first kappa shape index (κ1) is 15.8.